The summed E-state index contributed by atoms with van der Waals surface area (Å²) in [4.78, 5) is 7.01. The van der Waals surface area contributed by atoms with Crippen LogP contribution in [0, 0.1) is 18.3 Å². The third-order valence-electron chi connectivity index (χ3n) is 4.01. The van der Waals surface area contributed by atoms with E-state index in [1.807, 2.05) is 19.1 Å². The number of hydrogen-bond acceptors (Lipinski definition) is 4. The van der Waals surface area contributed by atoms with Gasteiger partial charge in [-0.2, -0.15) is 5.26 Å². The van der Waals surface area contributed by atoms with Crippen LogP contribution in [0.4, 0.5) is 5.82 Å². The van der Waals surface area contributed by atoms with Crippen LogP contribution in [0.15, 0.2) is 12.1 Å². The summed E-state index contributed by atoms with van der Waals surface area (Å²) >= 11 is 0. The van der Waals surface area contributed by atoms with E-state index in [4.69, 9.17) is 11.0 Å². The summed E-state index contributed by atoms with van der Waals surface area (Å²) < 4.78 is 0. The van der Waals surface area contributed by atoms with Crippen molar-refractivity contribution in [2.75, 3.05) is 11.4 Å². The molecule has 0 atom stereocenters. The van der Waals surface area contributed by atoms with Gasteiger partial charge >= 0.3 is 0 Å². The van der Waals surface area contributed by atoms with Crippen molar-refractivity contribution in [1.29, 1.82) is 5.26 Å². The third-order valence-corrected chi connectivity index (χ3v) is 4.01. The van der Waals surface area contributed by atoms with E-state index in [9.17, 15) is 0 Å². The van der Waals surface area contributed by atoms with Crippen molar-refractivity contribution >= 4 is 5.82 Å². The summed E-state index contributed by atoms with van der Waals surface area (Å²) in [6.45, 7) is 5.12. The molecule has 20 heavy (non-hydrogen) atoms. The lowest BCUT2D eigenvalue weighted by molar-refractivity contribution is 0.374. The summed E-state index contributed by atoms with van der Waals surface area (Å²) in [6, 6.07) is 6.85. The number of pyridine rings is 1. The maximum Gasteiger partial charge on any atom is 0.130 e. The molecule has 108 valence electrons. The number of aromatic nitrogens is 1. The molecule has 4 nitrogen and oxygen atoms in total. The van der Waals surface area contributed by atoms with Crippen molar-refractivity contribution in [3.63, 3.8) is 0 Å². The first-order valence-electron chi connectivity index (χ1n) is 7.55. The first kappa shape index (κ1) is 14.8. The minimum absolute atomic E-state index is 0.356. The zero-order valence-electron chi connectivity index (χ0n) is 12.5. The van der Waals surface area contributed by atoms with Gasteiger partial charge in [-0.05, 0) is 51.2 Å². The van der Waals surface area contributed by atoms with Crippen LogP contribution in [0.3, 0.4) is 0 Å². The minimum Gasteiger partial charge on any atom is -0.354 e. The van der Waals surface area contributed by atoms with E-state index in [0.717, 1.165) is 50.2 Å². The molecule has 2 rings (SSSR count). The Balaban J connectivity index is 2.24. The van der Waals surface area contributed by atoms with Gasteiger partial charge in [-0.15, -0.1) is 0 Å². The predicted molar refractivity (Wildman–Crippen MR) is 81.6 cm³/mol. The smallest absolute Gasteiger partial charge is 0.130 e. The first-order chi connectivity index (χ1) is 9.63. The van der Waals surface area contributed by atoms with Crippen LogP contribution in [0.25, 0.3) is 0 Å². The van der Waals surface area contributed by atoms with E-state index < -0.39 is 0 Å². The van der Waals surface area contributed by atoms with Gasteiger partial charge in [0.1, 0.15) is 5.82 Å². The quantitative estimate of drug-likeness (QED) is 0.915. The number of nitrogens with two attached hydrogens (primary N) is 1. The number of anilines is 1. The van der Waals surface area contributed by atoms with E-state index in [-0.39, 0.29) is 0 Å². The van der Waals surface area contributed by atoms with Gasteiger partial charge < -0.3 is 10.6 Å². The summed E-state index contributed by atoms with van der Waals surface area (Å²) in [5.74, 6) is 0.948. The fourth-order valence-electron chi connectivity index (χ4n) is 3.00. The second kappa shape index (κ2) is 6.71. The van der Waals surface area contributed by atoms with Crippen molar-refractivity contribution in [1.82, 2.24) is 4.98 Å². The fraction of sp³-hybridized carbons (Fsp3) is 0.625. The lowest BCUT2D eigenvalue weighted by Gasteiger charge is -2.37. The normalized spacial score (nSPS) is 22.3. The zero-order chi connectivity index (χ0) is 14.5. The molecule has 1 saturated carbocycles. The highest BCUT2D eigenvalue weighted by molar-refractivity contribution is 5.47. The lowest BCUT2D eigenvalue weighted by atomic mass is 9.90. The Morgan fingerprint density at radius 2 is 2.05 bits per heavy atom. The van der Waals surface area contributed by atoms with Gasteiger partial charge in [0.05, 0.1) is 11.6 Å². The van der Waals surface area contributed by atoms with E-state index in [2.05, 4.69) is 22.9 Å². The van der Waals surface area contributed by atoms with E-state index in [1.54, 1.807) is 0 Å². The SMILES string of the molecule is CCCN(c1cc(C#N)cc(C)n1)C1CCC(N)CC1. The summed E-state index contributed by atoms with van der Waals surface area (Å²) in [7, 11) is 0. The van der Waals surface area contributed by atoms with Crippen molar-refractivity contribution in [3.05, 3.63) is 23.4 Å². The molecule has 1 fully saturated rings. The molecule has 0 aromatic carbocycles. The molecule has 0 saturated heterocycles. The van der Waals surface area contributed by atoms with Gasteiger partial charge in [0, 0.05) is 24.3 Å². The molecule has 1 heterocycles. The highest BCUT2D eigenvalue weighted by Gasteiger charge is 2.25. The first-order valence-corrected chi connectivity index (χ1v) is 7.55. The van der Waals surface area contributed by atoms with Crippen LogP contribution >= 0.6 is 0 Å². The monoisotopic (exact) mass is 272 g/mol. The molecule has 1 aliphatic rings. The lowest BCUT2D eigenvalue weighted by Crippen LogP contribution is -2.42. The van der Waals surface area contributed by atoms with Crippen LogP contribution in [0.2, 0.25) is 0 Å². The topological polar surface area (TPSA) is 65.9 Å². The average Bonchev–Trinajstić information content (AvgIpc) is 2.45. The molecule has 1 aromatic heterocycles. The Hall–Kier alpha value is -1.60. The highest BCUT2D eigenvalue weighted by Crippen LogP contribution is 2.27. The molecule has 0 bridgehead atoms. The zero-order valence-corrected chi connectivity index (χ0v) is 12.5. The Bertz CT molecular complexity index is 484. The number of nitriles is 1. The number of hydrogen-bond donors (Lipinski definition) is 1. The number of rotatable bonds is 4. The van der Waals surface area contributed by atoms with E-state index >= 15 is 0 Å². The molecule has 4 heteroatoms. The molecular formula is C16H24N4. The van der Waals surface area contributed by atoms with Crippen molar-refractivity contribution < 1.29 is 0 Å². The number of aryl methyl sites for hydroxylation is 1. The average molecular weight is 272 g/mol. The standard InChI is InChI=1S/C16H24N4/c1-3-8-20(15-6-4-14(18)5-7-15)16-10-13(11-17)9-12(2)19-16/h9-10,14-15H,3-8,18H2,1-2H3. The fourth-order valence-corrected chi connectivity index (χ4v) is 3.00. The van der Waals surface area contributed by atoms with E-state index in [1.165, 1.54) is 0 Å². The maximum atomic E-state index is 9.13. The largest absolute Gasteiger partial charge is 0.354 e. The van der Waals surface area contributed by atoms with Gasteiger partial charge in [-0.25, -0.2) is 4.98 Å². The molecule has 1 aliphatic carbocycles. The molecule has 0 aliphatic heterocycles. The second-order valence-corrected chi connectivity index (χ2v) is 5.73. The van der Waals surface area contributed by atoms with Gasteiger partial charge in [-0.1, -0.05) is 6.92 Å². The molecule has 1 aromatic rings. The second-order valence-electron chi connectivity index (χ2n) is 5.73. The Morgan fingerprint density at radius 3 is 2.65 bits per heavy atom. The summed E-state index contributed by atoms with van der Waals surface area (Å²) in [5.41, 5.74) is 7.61. The maximum absolute atomic E-state index is 9.13. The van der Waals surface area contributed by atoms with Gasteiger partial charge in [0.15, 0.2) is 0 Å². The Morgan fingerprint density at radius 1 is 1.35 bits per heavy atom. The molecule has 0 unspecified atom stereocenters. The van der Waals surface area contributed by atoms with Crippen LogP contribution in [0.5, 0.6) is 0 Å². The molecule has 0 amide bonds. The van der Waals surface area contributed by atoms with Crippen LogP contribution in [-0.4, -0.2) is 23.6 Å². The molecule has 0 radical (unpaired) electrons. The molecular weight excluding hydrogens is 248 g/mol. The van der Waals surface area contributed by atoms with E-state index in [0.29, 0.717) is 17.6 Å². The molecule has 2 N–H and O–H groups in total. The minimum atomic E-state index is 0.356. The van der Waals surface area contributed by atoms with Crippen LogP contribution in [-0.2, 0) is 0 Å². The van der Waals surface area contributed by atoms with Crippen molar-refractivity contribution in [2.24, 2.45) is 5.73 Å². The summed E-state index contributed by atoms with van der Waals surface area (Å²) in [5, 5.41) is 9.13. The third kappa shape index (κ3) is 3.49. The van der Waals surface area contributed by atoms with Crippen molar-refractivity contribution in [2.45, 2.75) is 58.0 Å². The van der Waals surface area contributed by atoms with Crippen LogP contribution in [0.1, 0.15) is 50.3 Å². The van der Waals surface area contributed by atoms with Gasteiger partial charge in [0.25, 0.3) is 0 Å². The van der Waals surface area contributed by atoms with Gasteiger partial charge in [-0.3, -0.25) is 0 Å². The molecule has 0 spiro atoms. The number of nitrogens with zero attached hydrogens (tertiary/aromatic N) is 3. The Kier molecular flexibility index (Phi) is 4.97. The Labute approximate surface area is 121 Å². The summed E-state index contributed by atoms with van der Waals surface area (Å²) in [6.07, 6.45) is 5.50. The highest BCUT2D eigenvalue weighted by atomic mass is 15.2. The van der Waals surface area contributed by atoms with Crippen molar-refractivity contribution in [3.8, 4) is 6.07 Å². The van der Waals surface area contributed by atoms with Crippen LogP contribution < -0.4 is 10.6 Å². The van der Waals surface area contributed by atoms with Gasteiger partial charge in [0.2, 0.25) is 0 Å². The predicted octanol–water partition coefficient (Wildman–Crippen LogP) is 2.75.